The zero-order chi connectivity index (χ0) is 21.5. The van der Waals surface area contributed by atoms with Crippen LogP contribution in [-0.4, -0.2) is 35.6 Å². The minimum atomic E-state index is -4.59. The molecule has 0 atom stereocenters. The molecule has 0 aliphatic heterocycles. The number of aryl methyl sites for hydroxylation is 2. The van der Waals surface area contributed by atoms with Crippen LogP contribution in [0.4, 0.5) is 13.2 Å². The standard InChI is InChI=1S/C22H24F3NO3/c1-16-4-2-5-17(12-16)6-3-11-29-20-8-7-18(13-19(20)22(23,24)25)9-10-21(26,14-27)15-28/h2,4-5,7-8,12-13,27-28H,9-11,14-15,26H2,1H3. The lowest BCUT2D eigenvalue weighted by Gasteiger charge is -2.24. The third kappa shape index (κ3) is 6.79. The molecule has 2 aromatic rings. The van der Waals surface area contributed by atoms with Crippen molar-refractivity contribution in [2.24, 2.45) is 5.73 Å². The van der Waals surface area contributed by atoms with E-state index >= 15 is 0 Å². The lowest BCUT2D eigenvalue weighted by atomic mass is 9.93. The molecule has 0 aromatic heterocycles. The van der Waals surface area contributed by atoms with Gasteiger partial charge in [-0.25, -0.2) is 0 Å². The second-order valence-corrected chi connectivity index (χ2v) is 6.97. The third-order valence-corrected chi connectivity index (χ3v) is 4.44. The van der Waals surface area contributed by atoms with Gasteiger partial charge in [0.25, 0.3) is 0 Å². The summed E-state index contributed by atoms with van der Waals surface area (Å²) in [5.41, 5.74) is 5.82. The van der Waals surface area contributed by atoms with Gasteiger partial charge in [0.1, 0.15) is 12.4 Å². The number of hydrogen-bond acceptors (Lipinski definition) is 4. The Hall–Kier alpha value is -2.53. The van der Waals surface area contributed by atoms with Crippen molar-refractivity contribution in [2.45, 2.75) is 31.5 Å². The fraction of sp³-hybridized carbons (Fsp3) is 0.364. The molecule has 0 aliphatic carbocycles. The van der Waals surface area contributed by atoms with Crippen LogP contribution in [0, 0.1) is 18.8 Å². The van der Waals surface area contributed by atoms with Crippen molar-refractivity contribution in [2.75, 3.05) is 19.8 Å². The highest BCUT2D eigenvalue weighted by molar-refractivity contribution is 5.40. The molecule has 0 aliphatic rings. The Labute approximate surface area is 168 Å². The van der Waals surface area contributed by atoms with Crippen LogP contribution in [0.25, 0.3) is 0 Å². The number of nitrogens with two attached hydrogens (primary N) is 1. The normalized spacial score (nSPS) is 11.7. The van der Waals surface area contributed by atoms with E-state index in [1.165, 1.54) is 12.1 Å². The van der Waals surface area contributed by atoms with Gasteiger partial charge in [0, 0.05) is 5.56 Å². The van der Waals surface area contributed by atoms with Gasteiger partial charge in [-0.3, -0.25) is 0 Å². The Morgan fingerprint density at radius 1 is 1.07 bits per heavy atom. The number of benzene rings is 2. The van der Waals surface area contributed by atoms with E-state index in [1.54, 1.807) is 0 Å². The van der Waals surface area contributed by atoms with Crippen LogP contribution in [0.1, 0.15) is 28.7 Å². The molecular formula is C22H24F3NO3. The molecule has 156 valence electrons. The van der Waals surface area contributed by atoms with Crippen LogP contribution in [0.2, 0.25) is 0 Å². The average Bonchev–Trinajstić information content (AvgIpc) is 2.69. The number of alkyl halides is 3. The van der Waals surface area contributed by atoms with Gasteiger partial charge in [-0.1, -0.05) is 30.0 Å². The molecule has 0 radical (unpaired) electrons. The largest absolute Gasteiger partial charge is 0.480 e. The molecule has 0 unspecified atom stereocenters. The molecule has 0 heterocycles. The van der Waals surface area contributed by atoms with Crippen LogP contribution >= 0.6 is 0 Å². The number of aliphatic hydroxyl groups is 2. The van der Waals surface area contributed by atoms with E-state index in [1.807, 2.05) is 31.2 Å². The van der Waals surface area contributed by atoms with Crippen molar-refractivity contribution in [3.63, 3.8) is 0 Å². The van der Waals surface area contributed by atoms with Gasteiger partial charge in [0.05, 0.1) is 24.3 Å². The SMILES string of the molecule is Cc1cccc(C#CCOc2ccc(CCC(N)(CO)CO)cc2C(F)(F)F)c1. The molecule has 7 heteroatoms. The Balaban J connectivity index is 2.12. The fourth-order valence-electron chi connectivity index (χ4n) is 2.66. The highest BCUT2D eigenvalue weighted by Gasteiger charge is 2.35. The van der Waals surface area contributed by atoms with E-state index in [4.69, 9.17) is 10.5 Å². The van der Waals surface area contributed by atoms with Crippen LogP contribution in [0.5, 0.6) is 5.75 Å². The lowest BCUT2D eigenvalue weighted by molar-refractivity contribution is -0.138. The zero-order valence-electron chi connectivity index (χ0n) is 16.1. The molecule has 0 saturated heterocycles. The smallest absolute Gasteiger partial charge is 0.419 e. The van der Waals surface area contributed by atoms with E-state index in [-0.39, 0.29) is 25.2 Å². The van der Waals surface area contributed by atoms with Crippen molar-refractivity contribution in [3.05, 3.63) is 64.7 Å². The van der Waals surface area contributed by atoms with E-state index in [9.17, 15) is 23.4 Å². The Kier molecular flexibility index (Phi) is 7.68. The summed E-state index contributed by atoms with van der Waals surface area (Å²) >= 11 is 0. The maximum Gasteiger partial charge on any atom is 0.419 e. The maximum atomic E-state index is 13.4. The highest BCUT2D eigenvalue weighted by atomic mass is 19.4. The molecule has 2 aromatic carbocycles. The Morgan fingerprint density at radius 3 is 2.41 bits per heavy atom. The number of ether oxygens (including phenoxy) is 1. The molecule has 4 N–H and O–H groups in total. The summed E-state index contributed by atoms with van der Waals surface area (Å²) in [7, 11) is 0. The molecule has 4 nitrogen and oxygen atoms in total. The number of rotatable bonds is 7. The summed E-state index contributed by atoms with van der Waals surface area (Å²) in [6.45, 7) is 0.818. The maximum absolute atomic E-state index is 13.4. The van der Waals surface area contributed by atoms with Gasteiger partial charge in [-0.15, -0.1) is 0 Å². The van der Waals surface area contributed by atoms with Crippen LogP contribution in [0.15, 0.2) is 42.5 Å². The summed E-state index contributed by atoms with van der Waals surface area (Å²) in [4.78, 5) is 0. The summed E-state index contributed by atoms with van der Waals surface area (Å²) in [6.07, 6.45) is -4.28. The van der Waals surface area contributed by atoms with E-state index in [0.717, 1.165) is 17.2 Å². The van der Waals surface area contributed by atoms with Gasteiger partial charge >= 0.3 is 6.18 Å². The number of hydrogen-bond donors (Lipinski definition) is 3. The summed E-state index contributed by atoms with van der Waals surface area (Å²) < 4.78 is 45.6. The molecule has 0 spiro atoms. The molecule has 2 rings (SSSR count). The minimum Gasteiger partial charge on any atom is -0.480 e. The second kappa shape index (κ2) is 9.79. The van der Waals surface area contributed by atoms with Crippen LogP contribution in [-0.2, 0) is 12.6 Å². The molecular weight excluding hydrogens is 383 g/mol. The number of halogens is 3. The first kappa shape index (κ1) is 22.8. The molecule has 0 saturated carbocycles. The van der Waals surface area contributed by atoms with E-state index < -0.39 is 30.5 Å². The van der Waals surface area contributed by atoms with Crippen molar-refractivity contribution in [1.29, 1.82) is 0 Å². The van der Waals surface area contributed by atoms with Crippen molar-refractivity contribution in [1.82, 2.24) is 0 Å². The summed E-state index contributed by atoms with van der Waals surface area (Å²) in [5.74, 6) is 5.27. The molecule has 0 bridgehead atoms. The van der Waals surface area contributed by atoms with Crippen molar-refractivity contribution < 1.29 is 28.1 Å². The predicted octanol–water partition coefficient (Wildman–Crippen LogP) is 3.06. The highest BCUT2D eigenvalue weighted by Crippen LogP contribution is 2.37. The van der Waals surface area contributed by atoms with E-state index in [2.05, 4.69) is 11.8 Å². The van der Waals surface area contributed by atoms with Crippen LogP contribution < -0.4 is 10.5 Å². The molecule has 0 fully saturated rings. The van der Waals surface area contributed by atoms with Gasteiger partial charge < -0.3 is 20.7 Å². The van der Waals surface area contributed by atoms with E-state index in [0.29, 0.717) is 5.56 Å². The first-order valence-corrected chi connectivity index (χ1v) is 9.06. The summed E-state index contributed by atoms with van der Waals surface area (Å²) in [6, 6.07) is 11.2. The third-order valence-electron chi connectivity index (χ3n) is 4.44. The van der Waals surface area contributed by atoms with Gasteiger partial charge in [0.2, 0.25) is 0 Å². The average molecular weight is 407 g/mol. The van der Waals surface area contributed by atoms with Gasteiger partial charge in [-0.05, 0) is 55.2 Å². The molecule has 29 heavy (non-hydrogen) atoms. The lowest BCUT2D eigenvalue weighted by Crippen LogP contribution is -2.47. The number of aliphatic hydroxyl groups excluding tert-OH is 2. The Bertz CT molecular complexity index is 881. The quantitative estimate of drug-likeness (QED) is 0.617. The van der Waals surface area contributed by atoms with Gasteiger partial charge in [-0.2, -0.15) is 13.2 Å². The van der Waals surface area contributed by atoms with Gasteiger partial charge in [0.15, 0.2) is 0 Å². The predicted molar refractivity (Wildman–Crippen MR) is 104 cm³/mol. The van der Waals surface area contributed by atoms with Crippen molar-refractivity contribution in [3.8, 4) is 17.6 Å². The monoisotopic (exact) mass is 407 g/mol. The first-order chi connectivity index (χ1) is 13.7. The second-order valence-electron chi connectivity index (χ2n) is 6.97. The minimum absolute atomic E-state index is 0.138. The topological polar surface area (TPSA) is 75.7 Å². The Morgan fingerprint density at radius 2 is 1.79 bits per heavy atom. The fourth-order valence-corrected chi connectivity index (χ4v) is 2.66. The molecule has 0 amide bonds. The zero-order valence-corrected chi connectivity index (χ0v) is 16.1. The first-order valence-electron chi connectivity index (χ1n) is 9.06. The van der Waals surface area contributed by atoms with Crippen LogP contribution in [0.3, 0.4) is 0 Å². The van der Waals surface area contributed by atoms with Crippen molar-refractivity contribution >= 4 is 0 Å². The summed E-state index contributed by atoms with van der Waals surface area (Å²) in [5, 5.41) is 18.4.